The molecule has 4 aromatic rings. The molecule has 182 valence electrons. The Labute approximate surface area is 214 Å². The molecule has 1 aliphatic rings. The van der Waals surface area contributed by atoms with Gasteiger partial charge in [-0.3, -0.25) is 10.1 Å². The molecule has 1 fully saturated rings. The molecule has 0 aliphatic heterocycles. The first-order valence-corrected chi connectivity index (χ1v) is 12.1. The number of halogens is 1. The Hall–Kier alpha value is -4.03. The number of carbonyl (C=O) groups excluding carboxylic acids is 2. The fourth-order valence-electron chi connectivity index (χ4n) is 4.36. The Kier molecular flexibility index (Phi) is 6.53. The average molecular weight is 501 g/mol. The number of ether oxygens (including phenoxy) is 2. The summed E-state index contributed by atoms with van der Waals surface area (Å²) in [6.07, 6.45) is 2.42. The predicted octanol–water partition coefficient (Wildman–Crippen LogP) is 7.47. The molecule has 0 saturated heterocycles. The summed E-state index contributed by atoms with van der Waals surface area (Å²) in [5.74, 6) is 0.549. The zero-order valence-corrected chi connectivity index (χ0v) is 20.4. The fourth-order valence-corrected chi connectivity index (χ4v) is 4.65. The summed E-state index contributed by atoms with van der Waals surface area (Å²) in [4.78, 5) is 26.4. The van der Waals surface area contributed by atoms with E-state index in [1.165, 1.54) is 0 Å². The number of hydrogen-bond acceptors (Lipinski definition) is 4. The minimum atomic E-state index is -0.574. The van der Waals surface area contributed by atoms with E-state index in [4.69, 9.17) is 21.1 Å². The van der Waals surface area contributed by atoms with Crippen molar-refractivity contribution in [2.24, 2.45) is 0 Å². The molecule has 36 heavy (non-hydrogen) atoms. The third-order valence-corrected chi connectivity index (χ3v) is 6.86. The molecule has 1 amide bonds. The van der Waals surface area contributed by atoms with Crippen molar-refractivity contribution in [3.05, 3.63) is 101 Å². The van der Waals surface area contributed by atoms with E-state index in [0.29, 0.717) is 17.3 Å². The van der Waals surface area contributed by atoms with Gasteiger partial charge in [-0.15, -0.1) is 0 Å². The molecule has 2 N–H and O–H groups in total. The summed E-state index contributed by atoms with van der Waals surface area (Å²) in [6, 6.07) is 25.4. The first kappa shape index (κ1) is 23.7. The molecular formula is C29H25ClN2O4. The summed E-state index contributed by atoms with van der Waals surface area (Å²) < 4.78 is 10.8. The molecule has 1 aliphatic carbocycles. The van der Waals surface area contributed by atoms with Gasteiger partial charge in [0.1, 0.15) is 17.5 Å². The van der Waals surface area contributed by atoms with Crippen LogP contribution in [0.1, 0.15) is 37.0 Å². The van der Waals surface area contributed by atoms with E-state index >= 15 is 0 Å². The lowest BCUT2D eigenvalue weighted by Crippen LogP contribution is -2.16. The normalized spacial score (nSPS) is 14.5. The SMILES string of the molecule is C[C@@H](OC(=O)Nc1[nH]ccc1-c1ccc(-c2ccc(C3(OC=O)CC3)cc2)cc1)c1ccccc1Cl. The number of nitrogens with one attached hydrogen (secondary N) is 2. The molecule has 0 unspecified atom stereocenters. The van der Waals surface area contributed by atoms with Gasteiger partial charge in [-0.25, -0.2) is 4.79 Å². The zero-order chi connectivity index (χ0) is 25.1. The second-order valence-corrected chi connectivity index (χ2v) is 9.23. The number of carbonyl (C=O) groups is 2. The smallest absolute Gasteiger partial charge is 0.413 e. The van der Waals surface area contributed by atoms with Gasteiger partial charge in [-0.2, -0.15) is 0 Å². The van der Waals surface area contributed by atoms with Crippen LogP contribution in [0.5, 0.6) is 0 Å². The highest BCUT2D eigenvalue weighted by molar-refractivity contribution is 6.31. The highest BCUT2D eigenvalue weighted by atomic mass is 35.5. The topological polar surface area (TPSA) is 80.4 Å². The minimum absolute atomic E-state index is 0.436. The molecule has 0 spiro atoms. The number of H-pyrrole nitrogens is 1. The Morgan fingerprint density at radius 3 is 2.25 bits per heavy atom. The number of amides is 1. The van der Waals surface area contributed by atoms with Crippen LogP contribution in [0.2, 0.25) is 5.02 Å². The van der Waals surface area contributed by atoms with Crippen molar-refractivity contribution in [2.75, 3.05) is 5.32 Å². The predicted molar refractivity (Wildman–Crippen MR) is 140 cm³/mol. The highest BCUT2D eigenvalue weighted by Gasteiger charge is 2.46. The summed E-state index contributed by atoms with van der Waals surface area (Å²) >= 11 is 6.21. The zero-order valence-electron chi connectivity index (χ0n) is 19.7. The molecule has 5 rings (SSSR count). The Balaban J connectivity index is 1.26. The van der Waals surface area contributed by atoms with Crippen LogP contribution < -0.4 is 5.32 Å². The van der Waals surface area contributed by atoms with Crippen molar-refractivity contribution in [2.45, 2.75) is 31.5 Å². The summed E-state index contributed by atoms with van der Waals surface area (Å²) in [6.45, 7) is 2.31. The average Bonchev–Trinajstić information content (AvgIpc) is 3.53. The number of anilines is 1. The van der Waals surface area contributed by atoms with Gasteiger partial charge in [0, 0.05) is 22.3 Å². The quantitative estimate of drug-likeness (QED) is 0.246. The van der Waals surface area contributed by atoms with Crippen molar-refractivity contribution >= 4 is 30.0 Å². The maximum atomic E-state index is 12.5. The summed E-state index contributed by atoms with van der Waals surface area (Å²) in [5.41, 5.74) is 5.25. The molecule has 7 heteroatoms. The van der Waals surface area contributed by atoms with Crippen molar-refractivity contribution in [1.29, 1.82) is 0 Å². The van der Waals surface area contributed by atoms with Gasteiger partial charge in [0.05, 0.1) is 0 Å². The van der Waals surface area contributed by atoms with E-state index in [2.05, 4.69) is 10.3 Å². The molecule has 1 heterocycles. The monoisotopic (exact) mass is 500 g/mol. The molecule has 0 radical (unpaired) electrons. The lowest BCUT2D eigenvalue weighted by atomic mass is 9.99. The Morgan fingerprint density at radius 2 is 1.61 bits per heavy atom. The third kappa shape index (κ3) is 4.86. The van der Waals surface area contributed by atoms with Crippen LogP contribution in [0, 0.1) is 0 Å². The number of rotatable bonds is 8. The van der Waals surface area contributed by atoms with Crippen LogP contribution in [0.15, 0.2) is 85.1 Å². The Bertz CT molecular complexity index is 1380. The lowest BCUT2D eigenvalue weighted by Gasteiger charge is -2.15. The van der Waals surface area contributed by atoms with Crippen molar-refractivity contribution in [3.63, 3.8) is 0 Å². The summed E-state index contributed by atoms with van der Waals surface area (Å²) in [5, 5.41) is 3.35. The second kappa shape index (κ2) is 9.91. The number of aromatic nitrogens is 1. The second-order valence-electron chi connectivity index (χ2n) is 8.82. The van der Waals surface area contributed by atoms with Crippen molar-refractivity contribution in [3.8, 4) is 22.3 Å². The van der Waals surface area contributed by atoms with Crippen LogP contribution in [0.25, 0.3) is 22.3 Å². The van der Waals surface area contributed by atoms with E-state index in [9.17, 15) is 9.59 Å². The van der Waals surface area contributed by atoms with E-state index < -0.39 is 17.8 Å². The summed E-state index contributed by atoms with van der Waals surface area (Å²) in [7, 11) is 0. The van der Waals surface area contributed by atoms with Crippen LogP contribution >= 0.6 is 11.6 Å². The van der Waals surface area contributed by atoms with E-state index in [0.717, 1.165) is 46.2 Å². The molecule has 1 aromatic heterocycles. The van der Waals surface area contributed by atoms with Gasteiger partial charge in [-0.1, -0.05) is 78.3 Å². The van der Waals surface area contributed by atoms with Crippen LogP contribution in [-0.4, -0.2) is 17.5 Å². The Morgan fingerprint density at radius 1 is 0.972 bits per heavy atom. The van der Waals surface area contributed by atoms with Crippen molar-refractivity contribution in [1.82, 2.24) is 4.98 Å². The van der Waals surface area contributed by atoms with Gasteiger partial charge in [0.15, 0.2) is 0 Å². The maximum absolute atomic E-state index is 12.5. The van der Waals surface area contributed by atoms with Gasteiger partial charge < -0.3 is 14.5 Å². The van der Waals surface area contributed by atoms with Gasteiger partial charge in [0.2, 0.25) is 0 Å². The fraction of sp³-hybridized carbons (Fsp3) is 0.172. The minimum Gasteiger partial charge on any atom is -0.456 e. The van der Waals surface area contributed by atoms with E-state index in [1.807, 2.05) is 72.8 Å². The number of hydrogen-bond donors (Lipinski definition) is 2. The molecule has 6 nitrogen and oxygen atoms in total. The van der Waals surface area contributed by atoms with Crippen molar-refractivity contribution < 1.29 is 19.1 Å². The third-order valence-electron chi connectivity index (χ3n) is 6.52. The van der Waals surface area contributed by atoms with Gasteiger partial charge in [0.25, 0.3) is 6.47 Å². The van der Waals surface area contributed by atoms with Gasteiger partial charge in [-0.05, 0) is 54.2 Å². The molecule has 1 atom stereocenters. The number of aromatic amines is 1. The largest absolute Gasteiger partial charge is 0.456 e. The maximum Gasteiger partial charge on any atom is 0.413 e. The first-order valence-electron chi connectivity index (χ1n) is 11.7. The van der Waals surface area contributed by atoms with Crippen LogP contribution in [0.4, 0.5) is 10.6 Å². The van der Waals surface area contributed by atoms with Crippen LogP contribution in [0.3, 0.4) is 0 Å². The number of benzene rings is 3. The lowest BCUT2D eigenvalue weighted by molar-refractivity contribution is -0.136. The molecule has 3 aromatic carbocycles. The van der Waals surface area contributed by atoms with Gasteiger partial charge >= 0.3 is 6.09 Å². The van der Waals surface area contributed by atoms with E-state index in [-0.39, 0.29) is 0 Å². The van der Waals surface area contributed by atoms with Crippen LogP contribution in [-0.2, 0) is 19.9 Å². The molecular weight excluding hydrogens is 476 g/mol. The standard InChI is InChI=1S/C29H25ClN2O4/c1-19(24-4-2-3-5-26(24)30)36-28(34)32-27-25(14-17-31-27)22-8-6-20(7-9-22)21-10-12-23(13-11-21)29(15-16-29)35-18-33/h2-14,17-19,31H,15-16H2,1H3,(H,32,34)/t19-/m1/s1. The highest BCUT2D eigenvalue weighted by Crippen LogP contribution is 2.49. The first-order chi connectivity index (χ1) is 17.5. The van der Waals surface area contributed by atoms with E-state index in [1.54, 1.807) is 19.2 Å². The molecule has 1 saturated carbocycles. The molecule has 0 bridgehead atoms.